The number of halogens is 1. The lowest BCUT2D eigenvalue weighted by Gasteiger charge is -2.35. The van der Waals surface area contributed by atoms with Gasteiger partial charge in [0.15, 0.2) is 10.9 Å². The molecule has 2 N–H and O–H groups in total. The topological polar surface area (TPSA) is 77.8 Å². The van der Waals surface area contributed by atoms with Gasteiger partial charge in [-0.25, -0.2) is 0 Å². The number of hydrogen-bond acceptors (Lipinski definition) is 5. The Morgan fingerprint density at radius 1 is 0.889 bits per heavy atom. The number of benzene rings is 3. The standard InChI is InChI=1S/C27H23ClN4O3S/c28-20-6-3-5-19(16-20)25(33)30-27(36)29-21-8-10-22(11-9-21)31-12-14-32(15-13-31)26(34)24-17-18-4-1-2-7-23(18)35-24/h1-11,16-17H,12-15H2,(H2,29,30,33,36). The minimum atomic E-state index is -0.332. The van der Waals surface area contributed by atoms with Gasteiger partial charge in [-0.2, -0.15) is 0 Å². The quantitative estimate of drug-likeness (QED) is 0.363. The van der Waals surface area contributed by atoms with E-state index in [1.54, 1.807) is 30.3 Å². The number of anilines is 2. The highest BCUT2D eigenvalue weighted by Gasteiger charge is 2.24. The fourth-order valence-corrected chi connectivity index (χ4v) is 4.53. The molecular formula is C27H23ClN4O3S. The number of amides is 2. The molecule has 1 aliphatic rings. The molecule has 0 saturated carbocycles. The van der Waals surface area contributed by atoms with Gasteiger partial charge < -0.3 is 19.5 Å². The lowest BCUT2D eigenvalue weighted by atomic mass is 10.2. The Morgan fingerprint density at radius 2 is 1.64 bits per heavy atom. The molecule has 0 atom stereocenters. The van der Waals surface area contributed by atoms with E-state index in [1.165, 1.54) is 0 Å². The molecular weight excluding hydrogens is 496 g/mol. The van der Waals surface area contributed by atoms with Gasteiger partial charge in [0.2, 0.25) is 0 Å². The summed E-state index contributed by atoms with van der Waals surface area (Å²) in [6.45, 7) is 2.64. The van der Waals surface area contributed by atoms with Crippen LogP contribution in [0.25, 0.3) is 11.0 Å². The summed E-state index contributed by atoms with van der Waals surface area (Å²) in [5.41, 5.74) is 2.95. The first kappa shape index (κ1) is 23.8. The molecule has 182 valence electrons. The van der Waals surface area contributed by atoms with E-state index in [4.69, 9.17) is 28.2 Å². The first-order valence-electron chi connectivity index (χ1n) is 11.5. The zero-order valence-electron chi connectivity index (χ0n) is 19.2. The summed E-state index contributed by atoms with van der Waals surface area (Å²) in [6, 6.07) is 23.9. The smallest absolute Gasteiger partial charge is 0.289 e. The number of nitrogens with zero attached hydrogens (tertiary/aromatic N) is 2. The molecule has 2 heterocycles. The van der Waals surface area contributed by atoms with Gasteiger partial charge in [-0.3, -0.25) is 14.9 Å². The van der Waals surface area contributed by atoms with E-state index < -0.39 is 0 Å². The van der Waals surface area contributed by atoms with E-state index in [1.807, 2.05) is 53.4 Å². The fourth-order valence-electron chi connectivity index (χ4n) is 4.13. The molecule has 4 aromatic rings. The molecule has 1 aliphatic heterocycles. The van der Waals surface area contributed by atoms with Gasteiger partial charge in [0, 0.05) is 53.5 Å². The van der Waals surface area contributed by atoms with Crippen LogP contribution in [0, 0.1) is 0 Å². The maximum Gasteiger partial charge on any atom is 0.289 e. The normalized spacial score (nSPS) is 13.5. The second-order valence-corrected chi connectivity index (χ2v) is 9.24. The number of furan rings is 1. The summed E-state index contributed by atoms with van der Waals surface area (Å²) >= 11 is 11.2. The van der Waals surface area contributed by atoms with Gasteiger partial charge in [0.1, 0.15) is 5.58 Å². The van der Waals surface area contributed by atoms with E-state index in [0.29, 0.717) is 42.5 Å². The van der Waals surface area contributed by atoms with Crippen LogP contribution in [0.5, 0.6) is 0 Å². The van der Waals surface area contributed by atoms with Gasteiger partial charge in [0.25, 0.3) is 11.8 Å². The number of nitrogens with one attached hydrogen (secondary N) is 2. The molecule has 0 radical (unpaired) electrons. The van der Waals surface area contributed by atoms with Crippen LogP contribution in [0.15, 0.2) is 83.3 Å². The molecule has 36 heavy (non-hydrogen) atoms. The third-order valence-electron chi connectivity index (χ3n) is 6.01. The summed E-state index contributed by atoms with van der Waals surface area (Å²) in [5, 5.41) is 7.29. The average Bonchev–Trinajstić information content (AvgIpc) is 3.33. The Kier molecular flexibility index (Phi) is 6.88. The van der Waals surface area contributed by atoms with Crippen LogP contribution in [-0.4, -0.2) is 48.0 Å². The van der Waals surface area contributed by atoms with Crippen molar-refractivity contribution in [3.8, 4) is 0 Å². The Bertz CT molecular complexity index is 1400. The Labute approximate surface area is 218 Å². The highest BCUT2D eigenvalue weighted by atomic mass is 35.5. The van der Waals surface area contributed by atoms with E-state index in [2.05, 4.69) is 15.5 Å². The van der Waals surface area contributed by atoms with Crippen LogP contribution in [-0.2, 0) is 0 Å². The van der Waals surface area contributed by atoms with Crippen LogP contribution < -0.4 is 15.5 Å². The van der Waals surface area contributed by atoms with E-state index >= 15 is 0 Å². The van der Waals surface area contributed by atoms with Crippen molar-refractivity contribution in [2.45, 2.75) is 0 Å². The molecule has 3 aromatic carbocycles. The van der Waals surface area contributed by atoms with Gasteiger partial charge >= 0.3 is 0 Å². The predicted octanol–water partition coefficient (Wildman–Crippen LogP) is 5.18. The van der Waals surface area contributed by atoms with Crippen molar-refractivity contribution >= 4 is 63.1 Å². The Balaban J connectivity index is 1.13. The second-order valence-electron chi connectivity index (χ2n) is 8.39. The van der Waals surface area contributed by atoms with E-state index in [9.17, 15) is 9.59 Å². The zero-order valence-corrected chi connectivity index (χ0v) is 20.8. The summed E-state index contributed by atoms with van der Waals surface area (Å²) in [6.07, 6.45) is 0. The average molecular weight is 519 g/mol. The number of rotatable bonds is 4. The van der Waals surface area contributed by atoms with Crippen LogP contribution in [0.4, 0.5) is 11.4 Å². The molecule has 1 aromatic heterocycles. The first-order valence-corrected chi connectivity index (χ1v) is 12.3. The number of carbonyl (C=O) groups is 2. The molecule has 7 nitrogen and oxygen atoms in total. The fraction of sp³-hybridized carbons (Fsp3) is 0.148. The molecule has 9 heteroatoms. The van der Waals surface area contributed by atoms with Crippen LogP contribution in [0.1, 0.15) is 20.9 Å². The van der Waals surface area contributed by atoms with Crippen molar-refractivity contribution in [3.05, 3.63) is 95.2 Å². The summed E-state index contributed by atoms with van der Waals surface area (Å²) in [7, 11) is 0. The third-order valence-corrected chi connectivity index (χ3v) is 6.45. The Hall–Kier alpha value is -3.88. The van der Waals surface area contributed by atoms with Gasteiger partial charge in [-0.1, -0.05) is 35.9 Å². The SMILES string of the molecule is O=C(NC(=S)Nc1ccc(N2CCN(C(=O)c3cc4ccccc4o3)CC2)cc1)c1cccc(Cl)c1. The number of thiocarbonyl (C=S) groups is 1. The Morgan fingerprint density at radius 3 is 2.36 bits per heavy atom. The second kappa shape index (κ2) is 10.4. The van der Waals surface area contributed by atoms with Crippen LogP contribution in [0.2, 0.25) is 5.02 Å². The van der Waals surface area contributed by atoms with E-state index in [0.717, 1.165) is 22.3 Å². The van der Waals surface area contributed by atoms with Crippen molar-refractivity contribution in [1.29, 1.82) is 0 Å². The molecule has 0 spiro atoms. The van der Waals surface area contributed by atoms with Crippen molar-refractivity contribution in [2.24, 2.45) is 0 Å². The summed E-state index contributed by atoms with van der Waals surface area (Å²) in [5.74, 6) is -0.0427. The maximum atomic E-state index is 12.9. The number of piperazine rings is 1. The molecule has 5 rings (SSSR count). The highest BCUT2D eigenvalue weighted by molar-refractivity contribution is 7.80. The minimum Gasteiger partial charge on any atom is -0.451 e. The van der Waals surface area contributed by atoms with Crippen molar-refractivity contribution in [3.63, 3.8) is 0 Å². The van der Waals surface area contributed by atoms with Gasteiger partial charge in [-0.05, 0) is 66.8 Å². The van der Waals surface area contributed by atoms with Crippen molar-refractivity contribution < 1.29 is 14.0 Å². The summed E-state index contributed by atoms with van der Waals surface area (Å²) in [4.78, 5) is 29.3. The summed E-state index contributed by atoms with van der Waals surface area (Å²) < 4.78 is 5.74. The molecule has 0 aliphatic carbocycles. The monoisotopic (exact) mass is 518 g/mol. The molecule has 0 bridgehead atoms. The lowest BCUT2D eigenvalue weighted by Crippen LogP contribution is -2.48. The highest BCUT2D eigenvalue weighted by Crippen LogP contribution is 2.23. The molecule has 1 fully saturated rings. The largest absolute Gasteiger partial charge is 0.451 e. The molecule has 2 amide bonds. The van der Waals surface area contributed by atoms with Crippen LogP contribution in [0.3, 0.4) is 0 Å². The minimum absolute atomic E-state index is 0.0845. The zero-order chi connectivity index (χ0) is 25.1. The molecule has 1 saturated heterocycles. The number of carbonyl (C=O) groups excluding carboxylic acids is 2. The predicted molar refractivity (Wildman–Crippen MR) is 146 cm³/mol. The first-order chi connectivity index (χ1) is 17.5. The number of para-hydroxylation sites is 1. The van der Waals surface area contributed by atoms with Gasteiger partial charge in [-0.15, -0.1) is 0 Å². The van der Waals surface area contributed by atoms with E-state index in [-0.39, 0.29) is 16.9 Å². The number of hydrogen-bond donors (Lipinski definition) is 2. The molecule has 0 unspecified atom stereocenters. The van der Waals surface area contributed by atoms with Crippen molar-refractivity contribution in [1.82, 2.24) is 10.2 Å². The van der Waals surface area contributed by atoms with Crippen LogP contribution >= 0.6 is 23.8 Å². The lowest BCUT2D eigenvalue weighted by molar-refractivity contribution is 0.0717. The van der Waals surface area contributed by atoms with Crippen molar-refractivity contribution in [2.75, 3.05) is 36.4 Å². The van der Waals surface area contributed by atoms with Gasteiger partial charge in [0.05, 0.1) is 0 Å². The maximum absolute atomic E-state index is 12.9. The number of fused-ring (bicyclic) bond motifs is 1. The third kappa shape index (κ3) is 5.35.